The highest BCUT2D eigenvalue weighted by Gasteiger charge is 2.27. The van der Waals surface area contributed by atoms with Crippen molar-refractivity contribution < 1.29 is 22.7 Å². The molecule has 0 saturated heterocycles. The van der Waals surface area contributed by atoms with Crippen LogP contribution in [0.2, 0.25) is 0 Å². The number of aromatic nitrogens is 1. The fourth-order valence-electron chi connectivity index (χ4n) is 2.93. The zero-order chi connectivity index (χ0) is 22.5. The second kappa shape index (κ2) is 9.90. The fourth-order valence-corrected chi connectivity index (χ4v) is 4.46. The highest BCUT2D eigenvalue weighted by atomic mass is 32.2. The summed E-state index contributed by atoms with van der Waals surface area (Å²) in [6.07, 6.45) is 1.20. The number of amides is 1. The largest absolute Gasteiger partial charge is 0.448 e. The predicted molar refractivity (Wildman–Crippen MR) is 115 cm³/mol. The second-order valence-electron chi connectivity index (χ2n) is 6.85. The Balaban J connectivity index is 2.09. The van der Waals surface area contributed by atoms with Gasteiger partial charge in [0.1, 0.15) is 10.6 Å². The first-order valence-corrected chi connectivity index (χ1v) is 11.3. The molecule has 0 aliphatic rings. The molecule has 0 aliphatic heterocycles. The van der Waals surface area contributed by atoms with Crippen molar-refractivity contribution >= 4 is 27.6 Å². The molecule has 0 aliphatic carbocycles. The lowest BCUT2D eigenvalue weighted by Crippen LogP contribution is -2.30. The molecule has 2 rings (SSSR count). The molecule has 1 amide bonds. The quantitative estimate of drug-likeness (QED) is 0.611. The Morgan fingerprint density at radius 1 is 1.13 bits per heavy atom. The highest BCUT2D eigenvalue weighted by molar-refractivity contribution is 7.89. The Morgan fingerprint density at radius 2 is 1.73 bits per heavy atom. The lowest BCUT2D eigenvalue weighted by atomic mass is 10.1. The number of rotatable bonds is 9. The maximum Gasteiger partial charge on any atom is 0.355 e. The number of hydrogen-bond donors (Lipinski definition) is 1. The van der Waals surface area contributed by atoms with Gasteiger partial charge in [-0.25, -0.2) is 13.2 Å². The third-order valence-electron chi connectivity index (χ3n) is 4.81. The van der Waals surface area contributed by atoms with Crippen molar-refractivity contribution in [3.05, 3.63) is 47.8 Å². The minimum Gasteiger partial charge on any atom is -0.448 e. The van der Waals surface area contributed by atoms with E-state index in [0.717, 1.165) is 12.0 Å². The van der Waals surface area contributed by atoms with Gasteiger partial charge in [0.05, 0.1) is 0 Å². The number of nitrogens with zero attached hydrogens (tertiary/aromatic N) is 2. The Hall–Kier alpha value is -2.65. The standard InChI is InChI=1S/C21H29N3O5S/c1-6-16-9-11-17(12-10-16)22-20(25)15(4)29-21(26)19-13-18(14-23(19)5)30(27,28)24(7-2)8-3/h9-15H,6-8H2,1-5H3,(H,22,25). The average molecular weight is 436 g/mol. The molecule has 1 unspecified atom stereocenters. The topological polar surface area (TPSA) is 97.7 Å². The van der Waals surface area contributed by atoms with E-state index in [-0.39, 0.29) is 10.6 Å². The first-order chi connectivity index (χ1) is 14.1. The molecule has 1 aromatic heterocycles. The summed E-state index contributed by atoms with van der Waals surface area (Å²) in [4.78, 5) is 24.9. The van der Waals surface area contributed by atoms with Gasteiger partial charge < -0.3 is 14.6 Å². The zero-order valence-electron chi connectivity index (χ0n) is 18.0. The van der Waals surface area contributed by atoms with Gasteiger partial charge >= 0.3 is 5.97 Å². The van der Waals surface area contributed by atoms with Gasteiger partial charge in [0.25, 0.3) is 5.91 Å². The maximum atomic E-state index is 12.7. The van der Waals surface area contributed by atoms with Crippen molar-refractivity contribution in [1.29, 1.82) is 0 Å². The van der Waals surface area contributed by atoms with Gasteiger partial charge in [0, 0.05) is 32.0 Å². The van der Waals surface area contributed by atoms with Crippen LogP contribution < -0.4 is 5.32 Å². The van der Waals surface area contributed by atoms with E-state index in [9.17, 15) is 18.0 Å². The summed E-state index contributed by atoms with van der Waals surface area (Å²) in [6, 6.07) is 8.66. The van der Waals surface area contributed by atoms with E-state index in [0.29, 0.717) is 18.8 Å². The molecule has 9 heteroatoms. The summed E-state index contributed by atoms with van der Waals surface area (Å²) in [7, 11) is -2.15. The number of benzene rings is 1. The van der Waals surface area contributed by atoms with E-state index in [1.807, 2.05) is 19.1 Å². The SMILES string of the molecule is CCc1ccc(NC(=O)C(C)OC(=O)c2cc(S(=O)(=O)N(CC)CC)cn2C)cc1. The third kappa shape index (κ3) is 5.28. The van der Waals surface area contributed by atoms with Gasteiger partial charge in [0.2, 0.25) is 10.0 Å². The average Bonchev–Trinajstić information content (AvgIpc) is 3.12. The van der Waals surface area contributed by atoms with Crippen LogP contribution in [0.25, 0.3) is 0 Å². The smallest absolute Gasteiger partial charge is 0.355 e. The van der Waals surface area contributed by atoms with Crippen molar-refractivity contribution in [3.63, 3.8) is 0 Å². The van der Waals surface area contributed by atoms with Crippen LogP contribution in [0.1, 0.15) is 43.7 Å². The molecule has 2 aromatic rings. The molecule has 1 heterocycles. The molecular formula is C21H29N3O5S. The summed E-state index contributed by atoms with van der Waals surface area (Å²) in [5.41, 5.74) is 1.80. The van der Waals surface area contributed by atoms with Crippen LogP contribution in [0.3, 0.4) is 0 Å². The van der Waals surface area contributed by atoms with Crippen LogP contribution >= 0.6 is 0 Å². The van der Waals surface area contributed by atoms with Crippen molar-refractivity contribution in [2.24, 2.45) is 7.05 Å². The van der Waals surface area contributed by atoms with E-state index in [1.165, 1.54) is 28.1 Å². The second-order valence-corrected chi connectivity index (χ2v) is 8.79. The Labute approximate surface area is 177 Å². The van der Waals surface area contributed by atoms with Crippen LogP contribution in [0.15, 0.2) is 41.4 Å². The summed E-state index contributed by atoms with van der Waals surface area (Å²) < 4.78 is 33.3. The minimum atomic E-state index is -3.70. The number of ether oxygens (including phenoxy) is 1. The van der Waals surface area contributed by atoms with Crippen LogP contribution in [-0.4, -0.2) is 48.4 Å². The summed E-state index contributed by atoms with van der Waals surface area (Å²) >= 11 is 0. The van der Waals surface area contributed by atoms with Gasteiger partial charge in [-0.15, -0.1) is 0 Å². The third-order valence-corrected chi connectivity index (χ3v) is 6.83. The Kier molecular flexibility index (Phi) is 7.80. The van der Waals surface area contributed by atoms with Crippen molar-refractivity contribution in [1.82, 2.24) is 8.87 Å². The number of carbonyl (C=O) groups is 2. The number of hydrogen-bond acceptors (Lipinski definition) is 5. The molecule has 1 atom stereocenters. The van der Waals surface area contributed by atoms with Gasteiger partial charge in [-0.1, -0.05) is 32.9 Å². The van der Waals surface area contributed by atoms with Gasteiger partial charge in [-0.2, -0.15) is 4.31 Å². The highest BCUT2D eigenvalue weighted by Crippen LogP contribution is 2.19. The van der Waals surface area contributed by atoms with Crippen LogP contribution in [0.5, 0.6) is 0 Å². The van der Waals surface area contributed by atoms with E-state index < -0.39 is 28.0 Å². The first kappa shape index (κ1) is 23.6. The van der Waals surface area contributed by atoms with Crippen LogP contribution in [0, 0.1) is 0 Å². The number of sulfonamides is 1. The molecule has 0 saturated carbocycles. The number of aryl methyl sites for hydroxylation is 2. The van der Waals surface area contributed by atoms with Gasteiger partial charge in [0.15, 0.2) is 6.10 Å². The first-order valence-electron chi connectivity index (χ1n) is 9.91. The normalized spacial score (nSPS) is 12.6. The van der Waals surface area contributed by atoms with E-state index in [4.69, 9.17) is 4.74 Å². The number of nitrogens with one attached hydrogen (secondary N) is 1. The minimum absolute atomic E-state index is 0.00812. The number of esters is 1. The predicted octanol–water partition coefficient (Wildman–Crippen LogP) is 2.80. The van der Waals surface area contributed by atoms with Crippen LogP contribution in [-0.2, 0) is 33.0 Å². The lowest BCUT2D eigenvalue weighted by Gasteiger charge is -2.17. The summed E-state index contributed by atoms with van der Waals surface area (Å²) in [5.74, 6) is -1.25. The molecule has 30 heavy (non-hydrogen) atoms. The molecule has 1 N–H and O–H groups in total. The van der Waals surface area contributed by atoms with Crippen LogP contribution in [0.4, 0.5) is 5.69 Å². The summed E-state index contributed by atoms with van der Waals surface area (Å²) in [5, 5.41) is 2.70. The van der Waals surface area contributed by atoms with E-state index in [2.05, 4.69) is 5.32 Å². The molecule has 0 spiro atoms. The fraction of sp³-hybridized carbons (Fsp3) is 0.429. The molecular weight excluding hydrogens is 406 g/mol. The van der Waals surface area contributed by atoms with E-state index >= 15 is 0 Å². The van der Waals surface area contributed by atoms with Gasteiger partial charge in [-0.3, -0.25) is 4.79 Å². The van der Waals surface area contributed by atoms with Crippen molar-refractivity contribution in [3.8, 4) is 0 Å². The van der Waals surface area contributed by atoms with Gasteiger partial charge in [-0.05, 0) is 37.1 Å². The van der Waals surface area contributed by atoms with E-state index in [1.54, 1.807) is 33.0 Å². The summed E-state index contributed by atoms with van der Waals surface area (Å²) in [6.45, 7) is 7.64. The molecule has 0 bridgehead atoms. The van der Waals surface area contributed by atoms with Crippen molar-refractivity contribution in [2.45, 2.75) is 45.1 Å². The monoisotopic (exact) mass is 435 g/mol. The Morgan fingerprint density at radius 3 is 2.27 bits per heavy atom. The molecule has 0 radical (unpaired) electrons. The maximum absolute atomic E-state index is 12.7. The molecule has 1 aromatic carbocycles. The molecule has 164 valence electrons. The molecule has 8 nitrogen and oxygen atoms in total. The lowest BCUT2D eigenvalue weighted by molar-refractivity contribution is -0.123. The Bertz CT molecular complexity index is 992. The number of anilines is 1. The number of carbonyl (C=O) groups excluding carboxylic acids is 2. The van der Waals surface area contributed by atoms with Crippen molar-refractivity contribution in [2.75, 3.05) is 18.4 Å². The molecule has 0 fully saturated rings. The zero-order valence-corrected chi connectivity index (χ0v) is 18.8.